The van der Waals surface area contributed by atoms with E-state index in [1.54, 1.807) is 0 Å². The summed E-state index contributed by atoms with van der Waals surface area (Å²) in [6.45, 7) is 0. The summed E-state index contributed by atoms with van der Waals surface area (Å²) in [5, 5.41) is 37.1. The van der Waals surface area contributed by atoms with Crippen LogP contribution < -0.4 is 4.74 Å². The minimum atomic E-state index is -1.48. The third kappa shape index (κ3) is 3.33. The van der Waals surface area contributed by atoms with Crippen LogP contribution in [0.4, 0.5) is 0 Å². The molecule has 6 heteroatoms. The lowest BCUT2D eigenvalue weighted by Gasteiger charge is -2.17. The van der Waals surface area contributed by atoms with Gasteiger partial charge in [-0.3, -0.25) is 4.79 Å². The second-order valence-electron chi connectivity index (χ2n) is 3.53. The number of benzene rings is 1. The molecule has 2 atom stereocenters. The molecule has 0 aliphatic carbocycles. The predicted octanol–water partition coefficient (Wildman–Crippen LogP) is 0.270. The van der Waals surface area contributed by atoms with Crippen LogP contribution in [0.2, 0.25) is 0 Å². The van der Waals surface area contributed by atoms with Gasteiger partial charge in [0.05, 0.1) is 19.6 Å². The topological polar surface area (TPSA) is 107 Å². The summed E-state index contributed by atoms with van der Waals surface area (Å²) < 4.78 is 4.86. The largest absolute Gasteiger partial charge is 0.507 e. The predicted molar refractivity (Wildman–Crippen MR) is 57.9 cm³/mol. The normalized spacial score (nSPS) is 14.1. The van der Waals surface area contributed by atoms with Crippen molar-refractivity contribution < 1.29 is 30.0 Å². The SMILES string of the molecule is COc1ccc(C(O)C(O)CC(=O)O)c(O)c1. The summed E-state index contributed by atoms with van der Waals surface area (Å²) >= 11 is 0. The van der Waals surface area contributed by atoms with E-state index in [1.807, 2.05) is 0 Å². The maximum atomic E-state index is 10.4. The Balaban J connectivity index is 2.88. The molecule has 4 N–H and O–H groups in total. The molecule has 94 valence electrons. The van der Waals surface area contributed by atoms with Crippen molar-refractivity contribution in [2.24, 2.45) is 0 Å². The first-order valence-electron chi connectivity index (χ1n) is 4.90. The molecule has 0 aliphatic heterocycles. The zero-order valence-corrected chi connectivity index (χ0v) is 9.20. The van der Waals surface area contributed by atoms with Gasteiger partial charge in [-0.15, -0.1) is 0 Å². The number of rotatable bonds is 5. The molecule has 1 rings (SSSR count). The van der Waals surface area contributed by atoms with E-state index < -0.39 is 24.6 Å². The van der Waals surface area contributed by atoms with Gasteiger partial charge in [0, 0.05) is 11.6 Å². The maximum absolute atomic E-state index is 10.4. The number of carbonyl (C=O) groups is 1. The molecule has 6 nitrogen and oxygen atoms in total. The standard InChI is InChI=1S/C11H14O6/c1-17-6-2-3-7(8(12)4-6)11(16)9(13)5-10(14)15/h2-4,9,11-13,16H,5H2,1H3,(H,14,15). The Bertz CT molecular complexity index is 403. The van der Waals surface area contributed by atoms with Crippen molar-refractivity contribution in [3.05, 3.63) is 23.8 Å². The van der Waals surface area contributed by atoms with Gasteiger partial charge in [-0.05, 0) is 12.1 Å². The van der Waals surface area contributed by atoms with E-state index in [4.69, 9.17) is 9.84 Å². The van der Waals surface area contributed by atoms with Crippen molar-refractivity contribution in [2.45, 2.75) is 18.6 Å². The number of hydrogen-bond acceptors (Lipinski definition) is 5. The highest BCUT2D eigenvalue weighted by atomic mass is 16.5. The molecule has 17 heavy (non-hydrogen) atoms. The molecule has 0 amide bonds. The van der Waals surface area contributed by atoms with E-state index in [-0.39, 0.29) is 11.3 Å². The number of carboxylic acid groups (broad SMARTS) is 1. The highest BCUT2D eigenvalue weighted by Crippen LogP contribution is 2.30. The van der Waals surface area contributed by atoms with Gasteiger partial charge < -0.3 is 25.2 Å². The Labute approximate surface area is 97.7 Å². The molecule has 0 saturated carbocycles. The molecule has 0 radical (unpaired) electrons. The Morgan fingerprint density at radius 3 is 2.53 bits per heavy atom. The summed E-state index contributed by atoms with van der Waals surface area (Å²) in [6, 6.07) is 4.13. The first-order chi connectivity index (χ1) is 7.95. The van der Waals surface area contributed by atoms with E-state index in [0.29, 0.717) is 5.75 Å². The minimum Gasteiger partial charge on any atom is -0.507 e. The Morgan fingerprint density at radius 1 is 1.41 bits per heavy atom. The number of aliphatic hydroxyl groups is 2. The van der Waals surface area contributed by atoms with Crippen LogP contribution in [-0.4, -0.2) is 39.6 Å². The number of carboxylic acids is 1. The van der Waals surface area contributed by atoms with Crippen LogP contribution in [-0.2, 0) is 4.79 Å². The Morgan fingerprint density at radius 2 is 2.06 bits per heavy atom. The molecule has 0 saturated heterocycles. The minimum absolute atomic E-state index is 0.0551. The maximum Gasteiger partial charge on any atom is 0.306 e. The third-order valence-electron chi connectivity index (χ3n) is 2.30. The monoisotopic (exact) mass is 242 g/mol. The number of ether oxygens (including phenoxy) is 1. The van der Waals surface area contributed by atoms with Gasteiger partial charge in [0.2, 0.25) is 0 Å². The summed E-state index contributed by atoms with van der Waals surface area (Å²) in [5.74, 6) is -1.10. The highest BCUT2D eigenvalue weighted by Gasteiger charge is 2.23. The molecular weight excluding hydrogens is 228 g/mol. The number of aromatic hydroxyl groups is 1. The lowest BCUT2D eigenvalue weighted by atomic mass is 10.0. The average Bonchev–Trinajstić information content (AvgIpc) is 2.27. The molecule has 0 spiro atoms. The van der Waals surface area contributed by atoms with E-state index in [0.717, 1.165) is 0 Å². The Hall–Kier alpha value is -1.79. The molecule has 0 bridgehead atoms. The second kappa shape index (κ2) is 5.51. The first-order valence-corrected chi connectivity index (χ1v) is 4.90. The van der Waals surface area contributed by atoms with Crippen molar-refractivity contribution in [1.82, 2.24) is 0 Å². The van der Waals surface area contributed by atoms with Gasteiger partial charge in [0.1, 0.15) is 17.6 Å². The van der Waals surface area contributed by atoms with Crippen LogP contribution >= 0.6 is 0 Å². The van der Waals surface area contributed by atoms with E-state index in [2.05, 4.69) is 0 Å². The Kier molecular flexibility index (Phi) is 4.30. The van der Waals surface area contributed by atoms with Crippen LogP contribution in [0.15, 0.2) is 18.2 Å². The van der Waals surface area contributed by atoms with Gasteiger partial charge in [0.15, 0.2) is 0 Å². The van der Waals surface area contributed by atoms with E-state index in [9.17, 15) is 20.1 Å². The van der Waals surface area contributed by atoms with Gasteiger partial charge >= 0.3 is 5.97 Å². The quantitative estimate of drug-likeness (QED) is 0.590. The zero-order valence-electron chi connectivity index (χ0n) is 9.20. The van der Waals surface area contributed by atoms with Gasteiger partial charge in [-0.2, -0.15) is 0 Å². The van der Waals surface area contributed by atoms with E-state index in [1.165, 1.54) is 25.3 Å². The number of phenols is 1. The van der Waals surface area contributed by atoms with Crippen molar-refractivity contribution in [2.75, 3.05) is 7.11 Å². The molecule has 0 heterocycles. The number of phenolic OH excluding ortho intramolecular Hbond substituents is 1. The van der Waals surface area contributed by atoms with Crippen LogP contribution in [0.25, 0.3) is 0 Å². The van der Waals surface area contributed by atoms with Crippen molar-refractivity contribution in [1.29, 1.82) is 0 Å². The lowest BCUT2D eigenvalue weighted by molar-refractivity contribution is -0.141. The van der Waals surface area contributed by atoms with Crippen molar-refractivity contribution >= 4 is 5.97 Å². The van der Waals surface area contributed by atoms with Crippen LogP contribution in [0.3, 0.4) is 0 Å². The van der Waals surface area contributed by atoms with Crippen LogP contribution in [0, 0.1) is 0 Å². The number of methoxy groups -OCH3 is 1. The van der Waals surface area contributed by atoms with Crippen LogP contribution in [0.1, 0.15) is 18.1 Å². The molecule has 1 aromatic carbocycles. The average molecular weight is 242 g/mol. The molecular formula is C11H14O6. The first kappa shape index (κ1) is 13.3. The fraction of sp³-hybridized carbons (Fsp3) is 0.364. The van der Waals surface area contributed by atoms with E-state index >= 15 is 0 Å². The summed E-state index contributed by atoms with van der Waals surface area (Å²) in [7, 11) is 1.42. The molecule has 0 fully saturated rings. The summed E-state index contributed by atoms with van der Waals surface area (Å²) in [5.41, 5.74) is 0.0551. The molecule has 0 aromatic heterocycles. The number of aliphatic hydroxyl groups excluding tert-OH is 2. The molecule has 2 unspecified atom stereocenters. The third-order valence-corrected chi connectivity index (χ3v) is 2.30. The van der Waals surface area contributed by atoms with Crippen molar-refractivity contribution in [3.63, 3.8) is 0 Å². The van der Waals surface area contributed by atoms with Gasteiger partial charge in [0.25, 0.3) is 0 Å². The molecule has 0 aliphatic rings. The lowest BCUT2D eigenvalue weighted by Crippen LogP contribution is -2.21. The summed E-state index contributed by atoms with van der Waals surface area (Å²) in [4.78, 5) is 10.4. The van der Waals surface area contributed by atoms with Crippen molar-refractivity contribution in [3.8, 4) is 11.5 Å². The summed E-state index contributed by atoms with van der Waals surface area (Å²) in [6.07, 6.45) is -3.55. The number of hydrogen-bond donors (Lipinski definition) is 4. The van der Waals surface area contributed by atoms with Crippen LogP contribution in [0.5, 0.6) is 11.5 Å². The highest BCUT2D eigenvalue weighted by molar-refractivity contribution is 5.67. The van der Waals surface area contributed by atoms with Gasteiger partial charge in [-0.1, -0.05) is 0 Å². The second-order valence-corrected chi connectivity index (χ2v) is 3.53. The smallest absolute Gasteiger partial charge is 0.306 e. The molecule has 1 aromatic rings. The fourth-order valence-electron chi connectivity index (χ4n) is 1.40. The fourth-order valence-corrected chi connectivity index (χ4v) is 1.40. The van der Waals surface area contributed by atoms with Gasteiger partial charge in [-0.25, -0.2) is 0 Å². The number of aliphatic carboxylic acids is 1. The zero-order chi connectivity index (χ0) is 13.0.